The van der Waals surface area contributed by atoms with Crippen molar-refractivity contribution in [2.75, 3.05) is 26.7 Å². The summed E-state index contributed by atoms with van der Waals surface area (Å²) in [5, 5.41) is 7.38. The van der Waals surface area contributed by atoms with E-state index in [1.807, 2.05) is 13.1 Å². The van der Waals surface area contributed by atoms with Crippen LogP contribution >= 0.6 is 0 Å². The molecule has 0 aliphatic heterocycles. The molecule has 0 unspecified atom stereocenters. The summed E-state index contributed by atoms with van der Waals surface area (Å²) >= 11 is 0. The normalized spacial score (nSPS) is 12.5. The van der Waals surface area contributed by atoms with Gasteiger partial charge in [-0.3, -0.25) is 4.68 Å². The van der Waals surface area contributed by atoms with E-state index >= 15 is 0 Å². The number of hydrogen-bond donors (Lipinski definition) is 2. The molecule has 2 N–H and O–H groups in total. The van der Waals surface area contributed by atoms with E-state index in [1.54, 1.807) is 17.9 Å². The standard InChI is InChI=1S/C13H27N5O2S/c1-12(2)14-6-5-8-17(4)21(19,20)16-7-9-18-11-13(3)10-15-18/h10-12,14,16H,5-9H2,1-4H3. The van der Waals surface area contributed by atoms with Crippen LogP contribution in [0.5, 0.6) is 0 Å². The van der Waals surface area contributed by atoms with Gasteiger partial charge < -0.3 is 5.32 Å². The molecule has 0 aromatic carbocycles. The van der Waals surface area contributed by atoms with Crippen LogP contribution in [0.25, 0.3) is 0 Å². The SMILES string of the molecule is Cc1cnn(CCNS(=O)(=O)N(C)CCCNC(C)C)c1. The number of nitrogens with zero attached hydrogens (tertiary/aromatic N) is 3. The van der Waals surface area contributed by atoms with Gasteiger partial charge in [-0.05, 0) is 25.5 Å². The van der Waals surface area contributed by atoms with E-state index in [4.69, 9.17) is 0 Å². The molecule has 0 spiro atoms. The molecular weight excluding hydrogens is 290 g/mol. The number of aromatic nitrogens is 2. The molecule has 1 aromatic heterocycles. The summed E-state index contributed by atoms with van der Waals surface area (Å²) in [6, 6.07) is 0.419. The second-order valence-corrected chi connectivity index (χ2v) is 7.33. The molecule has 1 aromatic rings. The molecule has 8 heteroatoms. The third kappa shape index (κ3) is 7.03. The molecule has 21 heavy (non-hydrogen) atoms. The predicted octanol–water partition coefficient (Wildman–Crippen LogP) is 0.346. The van der Waals surface area contributed by atoms with Gasteiger partial charge in [0.05, 0.1) is 12.7 Å². The minimum absolute atomic E-state index is 0.331. The van der Waals surface area contributed by atoms with Crippen molar-refractivity contribution >= 4 is 10.2 Å². The smallest absolute Gasteiger partial charge is 0.279 e. The molecule has 0 atom stereocenters. The van der Waals surface area contributed by atoms with Crippen molar-refractivity contribution in [2.45, 2.75) is 39.8 Å². The fourth-order valence-electron chi connectivity index (χ4n) is 1.80. The average molecular weight is 317 g/mol. The zero-order valence-corrected chi connectivity index (χ0v) is 14.2. The highest BCUT2D eigenvalue weighted by Crippen LogP contribution is 1.97. The molecule has 0 fully saturated rings. The van der Waals surface area contributed by atoms with Gasteiger partial charge >= 0.3 is 0 Å². The first-order chi connectivity index (χ1) is 9.81. The minimum atomic E-state index is -3.41. The highest BCUT2D eigenvalue weighted by Gasteiger charge is 2.16. The van der Waals surface area contributed by atoms with Crippen LogP contribution in [0, 0.1) is 6.92 Å². The van der Waals surface area contributed by atoms with Crippen molar-refractivity contribution in [2.24, 2.45) is 0 Å². The number of rotatable bonds is 10. The maximum atomic E-state index is 12.0. The first-order valence-electron chi connectivity index (χ1n) is 7.24. The molecule has 122 valence electrons. The van der Waals surface area contributed by atoms with Gasteiger partial charge in [-0.25, -0.2) is 4.72 Å². The minimum Gasteiger partial charge on any atom is -0.314 e. The van der Waals surface area contributed by atoms with Gasteiger partial charge in [-0.2, -0.15) is 17.8 Å². The molecule has 1 rings (SSSR count). The number of hydrogen-bond acceptors (Lipinski definition) is 4. The lowest BCUT2D eigenvalue weighted by molar-refractivity contribution is 0.436. The fourth-order valence-corrected chi connectivity index (χ4v) is 2.74. The lowest BCUT2D eigenvalue weighted by atomic mass is 10.3. The van der Waals surface area contributed by atoms with E-state index in [-0.39, 0.29) is 0 Å². The Morgan fingerprint density at radius 2 is 2.10 bits per heavy atom. The first-order valence-corrected chi connectivity index (χ1v) is 8.68. The summed E-state index contributed by atoms with van der Waals surface area (Å²) in [6.07, 6.45) is 4.42. The van der Waals surface area contributed by atoms with Crippen LogP contribution in [0.15, 0.2) is 12.4 Å². The predicted molar refractivity (Wildman–Crippen MR) is 84.3 cm³/mol. The van der Waals surface area contributed by atoms with Crippen molar-refractivity contribution < 1.29 is 8.42 Å². The van der Waals surface area contributed by atoms with Crippen molar-refractivity contribution in [3.05, 3.63) is 18.0 Å². The largest absolute Gasteiger partial charge is 0.314 e. The molecule has 0 amide bonds. The highest BCUT2D eigenvalue weighted by molar-refractivity contribution is 7.87. The van der Waals surface area contributed by atoms with E-state index in [0.717, 1.165) is 18.5 Å². The summed E-state index contributed by atoms with van der Waals surface area (Å²) in [5.41, 5.74) is 1.06. The molecule has 0 bridgehead atoms. The van der Waals surface area contributed by atoms with Gasteiger partial charge in [0, 0.05) is 32.4 Å². The Balaban J connectivity index is 2.28. The summed E-state index contributed by atoms with van der Waals surface area (Å²) in [4.78, 5) is 0. The Labute approximate surface area is 127 Å². The monoisotopic (exact) mass is 317 g/mol. The molecule has 1 heterocycles. The Kier molecular flexibility index (Phi) is 7.30. The van der Waals surface area contributed by atoms with E-state index in [2.05, 4.69) is 29.0 Å². The Hall–Kier alpha value is -0.960. The topological polar surface area (TPSA) is 79.3 Å². The zero-order valence-electron chi connectivity index (χ0n) is 13.3. The fraction of sp³-hybridized carbons (Fsp3) is 0.769. The summed E-state index contributed by atoms with van der Waals surface area (Å²) in [7, 11) is -1.82. The first kappa shape index (κ1) is 18.1. The maximum Gasteiger partial charge on any atom is 0.279 e. The van der Waals surface area contributed by atoms with Crippen molar-refractivity contribution in [3.8, 4) is 0 Å². The van der Waals surface area contributed by atoms with Crippen LogP contribution in [0.4, 0.5) is 0 Å². The average Bonchev–Trinajstić information content (AvgIpc) is 2.79. The number of aryl methyl sites for hydroxylation is 1. The van der Waals surface area contributed by atoms with Crippen molar-refractivity contribution in [1.82, 2.24) is 24.1 Å². The number of nitrogens with one attached hydrogen (secondary N) is 2. The van der Waals surface area contributed by atoms with Crippen LogP contribution in [0.3, 0.4) is 0 Å². The van der Waals surface area contributed by atoms with Crippen molar-refractivity contribution in [1.29, 1.82) is 0 Å². The molecule has 0 saturated heterocycles. The van der Waals surface area contributed by atoms with Crippen LogP contribution in [0.1, 0.15) is 25.8 Å². The van der Waals surface area contributed by atoms with Crippen LogP contribution in [-0.2, 0) is 16.8 Å². The van der Waals surface area contributed by atoms with Crippen LogP contribution in [0.2, 0.25) is 0 Å². The lowest BCUT2D eigenvalue weighted by Crippen LogP contribution is -2.40. The zero-order chi connectivity index (χ0) is 15.9. The van der Waals surface area contributed by atoms with Gasteiger partial charge in [0.2, 0.25) is 0 Å². The molecule has 7 nitrogen and oxygen atoms in total. The van der Waals surface area contributed by atoms with E-state index in [9.17, 15) is 8.42 Å². The molecule has 0 aliphatic rings. The highest BCUT2D eigenvalue weighted by atomic mass is 32.2. The summed E-state index contributed by atoms with van der Waals surface area (Å²) in [6.45, 7) is 8.25. The summed E-state index contributed by atoms with van der Waals surface area (Å²) in [5.74, 6) is 0. The Morgan fingerprint density at radius 3 is 2.67 bits per heavy atom. The molecule has 0 saturated carbocycles. The van der Waals surface area contributed by atoms with Gasteiger partial charge in [0.25, 0.3) is 10.2 Å². The van der Waals surface area contributed by atoms with Gasteiger partial charge in [0.15, 0.2) is 0 Å². The van der Waals surface area contributed by atoms with E-state index < -0.39 is 10.2 Å². The Bertz CT molecular complexity index is 512. The Morgan fingerprint density at radius 1 is 1.38 bits per heavy atom. The van der Waals surface area contributed by atoms with Gasteiger partial charge in [-0.1, -0.05) is 13.8 Å². The summed E-state index contributed by atoms with van der Waals surface area (Å²) < 4.78 is 29.7. The van der Waals surface area contributed by atoms with Gasteiger partial charge in [0.1, 0.15) is 0 Å². The molecule has 0 aliphatic carbocycles. The van der Waals surface area contributed by atoms with E-state index in [0.29, 0.717) is 25.7 Å². The second-order valence-electron chi connectivity index (χ2n) is 5.46. The van der Waals surface area contributed by atoms with E-state index in [1.165, 1.54) is 4.31 Å². The van der Waals surface area contributed by atoms with Crippen LogP contribution < -0.4 is 10.0 Å². The second kappa shape index (κ2) is 8.47. The third-order valence-corrected chi connectivity index (χ3v) is 4.57. The maximum absolute atomic E-state index is 12.0. The quantitative estimate of drug-likeness (QED) is 0.610. The van der Waals surface area contributed by atoms with Gasteiger partial charge in [-0.15, -0.1) is 0 Å². The van der Waals surface area contributed by atoms with Crippen LogP contribution in [-0.4, -0.2) is 55.2 Å². The van der Waals surface area contributed by atoms with Crippen molar-refractivity contribution in [3.63, 3.8) is 0 Å². The lowest BCUT2D eigenvalue weighted by Gasteiger charge is -2.18. The third-order valence-electron chi connectivity index (χ3n) is 3.00. The molecule has 0 radical (unpaired) electrons. The molecular formula is C13H27N5O2S.